The van der Waals surface area contributed by atoms with E-state index in [9.17, 15) is 5.11 Å². The quantitative estimate of drug-likeness (QED) is 0.843. The van der Waals surface area contributed by atoms with Gasteiger partial charge in [-0.3, -0.25) is 0 Å². The maximum atomic E-state index is 10.2. The van der Waals surface area contributed by atoms with Gasteiger partial charge in [-0.05, 0) is 23.3 Å². The number of halogens is 1. The van der Waals surface area contributed by atoms with Crippen molar-refractivity contribution in [3.8, 4) is 11.5 Å². The number of hydrogen-bond acceptors (Lipinski definition) is 4. The molecule has 116 valence electrons. The number of ether oxygens (including phenoxy) is 2. The zero-order valence-corrected chi connectivity index (χ0v) is 14.4. The third-order valence-corrected chi connectivity index (χ3v) is 5.23. The van der Waals surface area contributed by atoms with Crippen LogP contribution in [0.2, 0.25) is 0 Å². The molecule has 0 spiro atoms. The maximum absolute atomic E-state index is 10.2. The van der Waals surface area contributed by atoms with E-state index in [1.807, 2.05) is 42.5 Å². The second kappa shape index (κ2) is 7.40. The Labute approximate surface area is 142 Å². The summed E-state index contributed by atoms with van der Waals surface area (Å²) in [5.74, 6) is 3.05. The van der Waals surface area contributed by atoms with Crippen LogP contribution < -0.4 is 9.47 Å². The summed E-state index contributed by atoms with van der Waals surface area (Å²) in [6.45, 7) is 1.19. The van der Waals surface area contributed by atoms with Crippen LogP contribution in [-0.4, -0.2) is 24.1 Å². The molecule has 3 nitrogen and oxygen atoms in total. The first-order valence-electron chi connectivity index (χ1n) is 7.13. The van der Waals surface area contributed by atoms with Crippen LogP contribution in [0.3, 0.4) is 0 Å². The SMILES string of the molecule is OC(CSCc1cc2c(cc1Br)OCCO2)c1ccccc1. The highest BCUT2D eigenvalue weighted by molar-refractivity contribution is 9.10. The molecule has 22 heavy (non-hydrogen) atoms. The van der Waals surface area contributed by atoms with Crippen LogP contribution in [0.25, 0.3) is 0 Å². The average molecular weight is 381 g/mol. The van der Waals surface area contributed by atoms with Gasteiger partial charge >= 0.3 is 0 Å². The first-order valence-corrected chi connectivity index (χ1v) is 9.07. The maximum Gasteiger partial charge on any atom is 0.162 e. The molecule has 0 aliphatic carbocycles. The summed E-state index contributed by atoms with van der Waals surface area (Å²) >= 11 is 5.27. The van der Waals surface area contributed by atoms with Gasteiger partial charge in [0, 0.05) is 16.0 Å². The molecule has 1 aliphatic heterocycles. The van der Waals surface area contributed by atoms with E-state index in [2.05, 4.69) is 15.9 Å². The first kappa shape index (κ1) is 15.7. The minimum Gasteiger partial charge on any atom is -0.486 e. The number of hydrogen-bond donors (Lipinski definition) is 1. The molecule has 0 saturated heterocycles. The molecule has 0 aromatic heterocycles. The van der Waals surface area contributed by atoms with Crippen LogP contribution in [0.5, 0.6) is 11.5 Å². The number of aliphatic hydroxyl groups is 1. The molecule has 0 saturated carbocycles. The van der Waals surface area contributed by atoms with Crippen molar-refractivity contribution in [1.82, 2.24) is 0 Å². The van der Waals surface area contributed by atoms with E-state index < -0.39 is 6.10 Å². The lowest BCUT2D eigenvalue weighted by atomic mass is 10.1. The highest BCUT2D eigenvalue weighted by atomic mass is 79.9. The van der Waals surface area contributed by atoms with Crippen LogP contribution in [0.4, 0.5) is 0 Å². The molecule has 2 aromatic carbocycles. The minimum atomic E-state index is -0.442. The molecular formula is C17H17BrO3S. The molecule has 1 heterocycles. The van der Waals surface area contributed by atoms with Crippen LogP contribution >= 0.6 is 27.7 Å². The topological polar surface area (TPSA) is 38.7 Å². The van der Waals surface area contributed by atoms with Crippen molar-refractivity contribution < 1.29 is 14.6 Å². The van der Waals surface area contributed by atoms with Gasteiger partial charge in [0.2, 0.25) is 0 Å². The van der Waals surface area contributed by atoms with Crippen LogP contribution in [0.15, 0.2) is 46.9 Å². The van der Waals surface area contributed by atoms with Gasteiger partial charge in [0.25, 0.3) is 0 Å². The van der Waals surface area contributed by atoms with E-state index in [1.165, 1.54) is 0 Å². The van der Waals surface area contributed by atoms with Crippen molar-refractivity contribution in [2.24, 2.45) is 0 Å². The number of fused-ring (bicyclic) bond motifs is 1. The highest BCUT2D eigenvalue weighted by Crippen LogP contribution is 2.37. The van der Waals surface area contributed by atoms with E-state index >= 15 is 0 Å². The average Bonchev–Trinajstić information content (AvgIpc) is 2.56. The fraction of sp³-hybridized carbons (Fsp3) is 0.294. The summed E-state index contributed by atoms with van der Waals surface area (Å²) in [6.07, 6.45) is -0.442. The molecule has 1 N–H and O–H groups in total. The zero-order chi connectivity index (χ0) is 15.4. The van der Waals surface area contributed by atoms with Crippen molar-refractivity contribution in [2.75, 3.05) is 19.0 Å². The number of benzene rings is 2. The van der Waals surface area contributed by atoms with Crippen molar-refractivity contribution in [2.45, 2.75) is 11.9 Å². The number of thioether (sulfide) groups is 1. The lowest BCUT2D eigenvalue weighted by molar-refractivity contribution is 0.171. The molecule has 0 amide bonds. The molecule has 5 heteroatoms. The number of rotatable bonds is 5. The molecule has 0 bridgehead atoms. The monoisotopic (exact) mass is 380 g/mol. The smallest absolute Gasteiger partial charge is 0.162 e. The van der Waals surface area contributed by atoms with E-state index in [4.69, 9.17) is 9.47 Å². The Morgan fingerprint density at radius 1 is 1.09 bits per heavy atom. The molecule has 1 unspecified atom stereocenters. The molecule has 3 rings (SSSR count). The van der Waals surface area contributed by atoms with Crippen LogP contribution in [0, 0.1) is 0 Å². The Balaban J connectivity index is 1.60. The minimum absolute atomic E-state index is 0.442. The third-order valence-electron chi connectivity index (χ3n) is 3.43. The Morgan fingerprint density at radius 2 is 1.77 bits per heavy atom. The summed E-state index contributed by atoms with van der Waals surface area (Å²) < 4.78 is 12.2. The standard InChI is InChI=1S/C17H17BrO3S/c18-14-9-17-16(20-6-7-21-17)8-13(14)10-22-11-15(19)12-4-2-1-3-5-12/h1-5,8-9,15,19H,6-7,10-11H2. The normalized spacial score (nSPS) is 14.6. The van der Waals surface area contributed by atoms with Crippen molar-refractivity contribution in [3.63, 3.8) is 0 Å². The fourth-order valence-corrected chi connectivity index (χ4v) is 3.91. The highest BCUT2D eigenvalue weighted by Gasteiger charge is 2.15. The summed E-state index contributed by atoms with van der Waals surface area (Å²) in [7, 11) is 0. The van der Waals surface area contributed by atoms with Gasteiger partial charge in [-0.2, -0.15) is 11.8 Å². The molecule has 1 atom stereocenters. The summed E-state index contributed by atoms with van der Waals surface area (Å²) in [5, 5.41) is 10.2. The largest absolute Gasteiger partial charge is 0.486 e. The van der Waals surface area contributed by atoms with Gasteiger partial charge in [-0.1, -0.05) is 46.3 Å². The van der Waals surface area contributed by atoms with Crippen molar-refractivity contribution >= 4 is 27.7 Å². The van der Waals surface area contributed by atoms with Crippen LogP contribution in [0.1, 0.15) is 17.2 Å². The lowest BCUT2D eigenvalue weighted by Crippen LogP contribution is -2.15. The fourth-order valence-electron chi connectivity index (χ4n) is 2.27. The molecule has 2 aromatic rings. The van der Waals surface area contributed by atoms with E-state index in [0.717, 1.165) is 32.9 Å². The summed E-state index contributed by atoms with van der Waals surface area (Å²) in [5.41, 5.74) is 2.10. The lowest BCUT2D eigenvalue weighted by Gasteiger charge is -2.20. The second-order valence-electron chi connectivity index (χ2n) is 5.03. The summed E-state index contributed by atoms with van der Waals surface area (Å²) in [4.78, 5) is 0. The van der Waals surface area contributed by atoms with Gasteiger partial charge < -0.3 is 14.6 Å². The van der Waals surface area contributed by atoms with Gasteiger partial charge in [0.05, 0.1) is 6.10 Å². The van der Waals surface area contributed by atoms with E-state index in [1.54, 1.807) is 11.8 Å². The molecule has 1 aliphatic rings. The van der Waals surface area contributed by atoms with Gasteiger partial charge in [0.1, 0.15) is 13.2 Å². The van der Waals surface area contributed by atoms with Gasteiger partial charge in [-0.15, -0.1) is 0 Å². The zero-order valence-electron chi connectivity index (χ0n) is 12.0. The number of aliphatic hydroxyl groups excluding tert-OH is 1. The molecule has 0 radical (unpaired) electrons. The Hall–Kier alpha value is -1.17. The van der Waals surface area contributed by atoms with Gasteiger partial charge in [-0.25, -0.2) is 0 Å². The Bertz CT molecular complexity index is 633. The van der Waals surface area contributed by atoms with Crippen LogP contribution in [-0.2, 0) is 5.75 Å². The van der Waals surface area contributed by atoms with E-state index in [0.29, 0.717) is 19.0 Å². The Kier molecular flexibility index (Phi) is 5.28. The second-order valence-corrected chi connectivity index (χ2v) is 6.91. The summed E-state index contributed by atoms with van der Waals surface area (Å²) in [6, 6.07) is 13.7. The predicted octanol–water partition coefficient (Wildman–Crippen LogP) is 4.19. The molecular weight excluding hydrogens is 364 g/mol. The first-order chi connectivity index (χ1) is 10.7. The van der Waals surface area contributed by atoms with Gasteiger partial charge in [0.15, 0.2) is 11.5 Å². The van der Waals surface area contributed by atoms with E-state index in [-0.39, 0.29) is 0 Å². The van der Waals surface area contributed by atoms with Crippen molar-refractivity contribution in [3.05, 3.63) is 58.1 Å². The molecule has 0 fully saturated rings. The van der Waals surface area contributed by atoms with Crippen molar-refractivity contribution in [1.29, 1.82) is 0 Å². The Morgan fingerprint density at radius 3 is 2.50 bits per heavy atom. The third kappa shape index (κ3) is 3.77. The predicted molar refractivity (Wildman–Crippen MR) is 92.7 cm³/mol.